The zero-order chi connectivity index (χ0) is 29.0. The van der Waals surface area contributed by atoms with Crippen molar-refractivity contribution in [3.05, 3.63) is 114 Å². The van der Waals surface area contributed by atoms with Crippen LogP contribution < -0.4 is 30.2 Å². The molecule has 0 radical (unpaired) electrons. The molecule has 0 aromatic heterocycles. The standard InChI is InChI=1S/C33H35N3O5/c1-23-5-4-6-25(21-23)32(37)36-31(33(38)35-20-19-34-26-9-13-27(39-2)14-10-26)22-24-7-11-29(12-8-24)41-30-17-15-28(40-3)16-18-30/h4-18,21,31,34H,19-20,22H2,1-3H3,(H,35,38)(H,36,37)/t31-/m0/s1. The Bertz CT molecular complexity index is 1420. The van der Waals surface area contributed by atoms with Gasteiger partial charge in [0.15, 0.2) is 0 Å². The molecule has 0 aliphatic rings. The highest BCUT2D eigenvalue weighted by Gasteiger charge is 2.22. The second-order valence-electron chi connectivity index (χ2n) is 9.47. The van der Waals surface area contributed by atoms with E-state index >= 15 is 0 Å². The molecule has 0 spiro atoms. The maximum Gasteiger partial charge on any atom is 0.251 e. The van der Waals surface area contributed by atoms with Crippen molar-refractivity contribution in [1.29, 1.82) is 0 Å². The normalized spacial score (nSPS) is 11.2. The minimum atomic E-state index is -0.766. The Morgan fingerprint density at radius 1 is 0.732 bits per heavy atom. The van der Waals surface area contributed by atoms with Crippen LogP contribution in [0, 0.1) is 6.92 Å². The largest absolute Gasteiger partial charge is 0.497 e. The van der Waals surface area contributed by atoms with Gasteiger partial charge in [-0.1, -0.05) is 29.8 Å². The number of benzene rings is 4. The molecule has 4 aromatic rings. The first-order valence-corrected chi connectivity index (χ1v) is 13.4. The van der Waals surface area contributed by atoms with Crippen LogP contribution in [0.15, 0.2) is 97.1 Å². The van der Waals surface area contributed by atoms with Crippen LogP contribution in [0.1, 0.15) is 21.5 Å². The number of aryl methyl sites for hydroxylation is 1. The summed E-state index contributed by atoms with van der Waals surface area (Å²) in [5, 5.41) is 9.13. The van der Waals surface area contributed by atoms with Crippen molar-refractivity contribution in [3.8, 4) is 23.0 Å². The summed E-state index contributed by atoms with van der Waals surface area (Å²) < 4.78 is 16.3. The Balaban J connectivity index is 1.38. The van der Waals surface area contributed by atoms with Crippen LogP contribution in [0.5, 0.6) is 23.0 Å². The lowest BCUT2D eigenvalue weighted by molar-refractivity contribution is -0.122. The predicted octanol–water partition coefficient (Wildman–Crippen LogP) is 5.37. The summed E-state index contributed by atoms with van der Waals surface area (Å²) in [5.41, 5.74) is 3.28. The molecule has 0 heterocycles. The molecule has 0 saturated heterocycles. The van der Waals surface area contributed by atoms with Gasteiger partial charge >= 0.3 is 0 Å². The number of hydrogen-bond donors (Lipinski definition) is 3. The van der Waals surface area contributed by atoms with Crippen molar-refractivity contribution in [2.24, 2.45) is 0 Å². The molecule has 0 fully saturated rings. The zero-order valence-electron chi connectivity index (χ0n) is 23.5. The Hall–Kier alpha value is -4.98. The molecule has 0 aliphatic heterocycles. The summed E-state index contributed by atoms with van der Waals surface area (Å²) in [4.78, 5) is 26.3. The number of rotatable bonds is 13. The first kappa shape index (κ1) is 29.0. The zero-order valence-corrected chi connectivity index (χ0v) is 23.5. The third-order valence-electron chi connectivity index (χ3n) is 6.40. The topological polar surface area (TPSA) is 97.9 Å². The fraction of sp³-hybridized carbons (Fsp3) is 0.212. The van der Waals surface area contributed by atoms with Crippen molar-refractivity contribution in [2.45, 2.75) is 19.4 Å². The monoisotopic (exact) mass is 553 g/mol. The molecule has 8 heteroatoms. The molecule has 212 valence electrons. The number of carbonyl (C=O) groups is 2. The van der Waals surface area contributed by atoms with Crippen LogP contribution in [0.3, 0.4) is 0 Å². The first-order chi connectivity index (χ1) is 19.9. The highest BCUT2D eigenvalue weighted by atomic mass is 16.5. The highest BCUT2D eigenvalue weighted by Crippen LogP contribution is 2.24. The predicted molar refractivity (Wildman–Crippen MR) is 160 cm³/mol. The molecule has 0 aliphatic carbocycles. The van der Waals surface area contributed by atoms with E-state index in [4.69, 9.17) is 14.2 Å². The molecule has 3 N–H and O–H groups in total. The van der Waals surface area contributed by atoms with E-state index in [1.807, 2.05) is 91.9 Å². The lowest BCUT2D eigenvalue weighted by Gasteiger charge is -2.19. The van der Waals surface area contributed by atoms with Crippen molar-refractivity contribution < 1.29 is 23.8 Å². The molecule has 0 unspecified atom stereocenters. The number of nitrogens with one attached hydrogen (secondary N) is 3. The summed E-state index contributed by atoms with van der Waals surface area (Å²) in [6, 6.07) is 28.9. The van der Waals surface area contributed by atoms with Gasteiger partial charge in [-0.05, 0) is 85.3 Å². The Kier molecular flexibility index (Phi) is 10.2. The van der Waals surface area contributed by atoms with Gasteiger partial charge in [-0.3, -0.25) is 9.59 Å². The second-order valence-corrected chi connectivity index (χ2v) is 9.47. The van der Waals surface area contributed by atoms with Gasteiger partial charge in [-0.2, -0.15) is 0 Å². The van der Waals surface area contributed by atoms with E-state index in [2.05, 4.69) is 16.0 Å². The summed E-state index contributed by atoms with van der Waals surface area (Å²) in [5.74, 6) is 2.31. The van der Waals surface area contributed by atoms with Crippen LogP contribution in [-0.2, 0) is 11.2 Å². The summed E-state index contributed by atoms with van der Waals surface area (Å²) >= 11 is 0. The first-order valence-electron chi connectivity index (χ1n) is 13.4. The molecule has 1 atom stereocenters. The number of ether oxygens (including phenoxy) is 3. The van der Waals surface area contributed by atoms with Crippen molar-refractivity contribution in [1.82, 2.24) is 10.6 Å². The number of amides is 2. The minimum Gasteiger partial charge on any atom is -0.497 e. The molecule has 8 nitrogen and oxygen atoms in total. The van der Waals surface area contributed by atoms with E-state index in [1.165, 1.54) is 0 Å². The molecular formula is C33H35N3O5. The number of carbonyl (C=O) groups excluding carboxylic acids is 2. The van der Waals surface area contributed by atoms with Gasteiger partial charge in [0, 0.05) is 30.8 Å². The van der Waals surface area contributed by atoms with Crippen LogP contribution >= 0.6 is 0 Å². The van der Waals surface area contributed by atoms with Crippen molar-refractivity contribution in [3.63, 3.8) is 0 Å². The molecule has 41 heavy (non-hydrogen) atoms. The number of methoxy groups -OCH3 is 2. The minimum absolute atomic E-state index is 0.263. The average Bonchev–Trinajstić information content (AvgIpc) is 3.00. The van der Waals surface area contributed by atoms with Crippen LogP contribution in [-0.4, -0.2) is 45.2 Å². The van der Waals surface area contributed by atoms with Crippen LogP contribution in [0.2, 0.25) is 0 Å². The van der Waals surface area contributed by atoms with Gasteiger partial charge in [0.05, 0.1) is 14.2 Å². The van der Waals surface area contributed by atoms with E-state index in [9.17, 15) is 9.59 Å². The van der Waals surface area contributed by atoms with E-state index in [1.54, 1.807) is 26.4 Å². The maximum atomic E-state index is 13.2. The van der Waals surface area contributed by atoms with E-state index in [0.717, 1.165) is 28.3 Å². The summed E-state index contributed by atoms with van der Waals surface area (Å²) in [6.45, 7) is 2.83. The van der Waals surface area contributed by atoms with Gasteiger partial charge in [0.2, 0.25) is 5.91 Å². The second kappa shape index (κ2) is 14.4. The Morgan fingerprint density at radius 3 is 1.93 bits per heavy atom. The maximum absolute atomic E-state index is 13.2. The quantitative estimate of drug-likeness (QED) is 0.193. The summed E-state index contributed by atoms with van der Waals surface area (Å²) in [7, 11) is 3.24. The molecule has 0 saturated carbocycles. The third-order valence-corrected chi connectivity index (χ3v) is 6.40. The highest BCUT2D eigenvalue weighted by molar-refractivity contribution is 5.97. The Morgan fingerprint density at radius 2 is 1.32 bits per heavy atom. The van der Waals surface area contributed by atoms with Gasteiger partial charge < -0.3 is 30.2 Å². The van der Waals surface area contributed by atoms with Gasteiger partial charge in [-0.25, -0.2) is 0 Å². The van der Waals surface area contributed by atoms with E-state index in [0.29, 0.717) is 36.6 Å². The summed E-state index contributed by atoms with van der Waals surface area (Å²) in [6.07, 6.45) is 0.318. The van der Waals surface area contributed by atoms with Gasteiger partial charge in [0.1, 0.15) is 29.0 Å². The van der Waals surface area contributed by atoms with Crippen molar-refractivity contribution >= 4 is 17.5 Å². The lowest BCUT2D eigenvalue weighted by Crippen LogP contribution is -2.48. The fourth-order valence-corrected chi connectivity index (χ4v) is 4.17. The molecule has 0 bridgehead atoms. The van der Waals surface area contributed by atoms with Crippen LogP contribution in [0.25, 0.3) is 0 Å². The van der Waals surface area contributed by atoms with E-state index in [-0.39, 0.29) is 11.8 Å². The molecule has 4 aromatic carbocycles. The number of anilines is 1. The third kappa shape index (κ3) is 8.76. The van der Waals surface area contributed by atoms with Crippen molar-refractivity contribution in [2.75, 3.05) is 32.6 Å². The fourth-order valence-electron chi connectivity index (χ4n) is 4.17. The van der Waals surface area contributed by atoms with E-state index < -0.39 is 6.04 Å². The lowest BCUT2D eigenvalue weighted by atomic mass is 10.0. The van der Waals surface area contributed by atoms with Gasteiger partial charge in [-0.15, -0.1) is 0 Å². The SMILES string of the molecule is COc1ccc(NCCNC(=O)[C@H](Cc2ccc(Oc3ccc(OC)cc3)cc2)NC(=O)c2cccc(C)c2)cc1. The Labute approximate surface area is 240 Å². The van der Waals surface area contributed by atoms with Crippen LogP contribution in [0.4, 0.5) is 5.69 Å². The van der Waals surface area contributed by atoms with Gasteiger partial charge in [0.25, 0.3) is 5.91 Å². The molecule has 2 amide bonds. The smallest absolute Gasteiger partial charge is 0.251 e. The number of hydrogen-bond acceptors (Lipinski definition) is 6. The average molecular weight is 554 g/mol. The molecule has 4 rings (SSSR count). The molecular weight excluding hydrogens is 518 g/mol.